The normalized spacial score (nSPS) is 25.1. The monoisotopic (exact) mass is 734 g/mol. The Morgan fingerprint density at radius 2 is 1.77 bits per heavy atom. The van der Waals surface area contributed by atoms with Crippen molar-refractivity contribution < 1.29 is 45.4 Å². The number of hydrogen-bond acceptors (Lipinski definition) is 15. The zero-order chi connectivity index (χ0) is 35.3. The first-order chi connectivity index (χ1) is 22.8. The molecule has 1 heterocycles. The van der Waals surface area contributed by atoms with Crippen molar-refractivity contribution >= 4 is 44.0 Å². The van der Waals surface area contributed by atoms with Crippen molar-refractivity contribution in [1.29, 1.82) is 10.5 Å². The number of aromatic nitrogens is 2. The van der Waals surface area contributed by atoms with Crippen LogP contribution < -0.4 is 5.32 Å². The average molecular weight is 735 g/mol. The Balaban J connectivity index is 1.82. The summed E-state index contributed by atoms with van der Waals surface area (Å²) in [5, 5.41) is 48.2. The van der Waals surface area contributed by atoms with Gasteiger partial charge in [0.1, 0.15) is 11.6 Å². The molecule has 6 unspecified atom stereocenters. The van der Waals surface area contributed by atoms with Gasteiger partial charge in [0.2, 0.25) is 5.91 Å². The molecule has 0 radical (unpaired) electrons. The molecule has 0 bridgehead atoms. The maximum absolute atomic E-state index is 12.2. The predicted molar refractivity (Wildman–Crippen MR) is 172 cm³/mol. The summed E-state index contributed by atoms with van der Waals surface area (Å²) in [6.45, 7) is 2.30. The quantitative estimate of drug-likeness (QED) is 0.0421. The highest BCUT2D eigenvalue weighted by molar-refractivity contribution is 7.95. The molecule has 0 spiro atoms. The molecule has 1 aromatic heterocycles. The molecular formula is C27H42N8O10S3. The van der Waals surface area contributed by atoms with E-state index in [4.69, 9.17) is 18.7 Å². The van der Waals surface area contributed by atoms with Crippen molar-refractivity contribution in [3.63, 3.8) is 0 Å². The summed E-state index contributed by atoms with van der Waals surface area (Å²) in [6, 6.07) is 2.73. The van der Waals surface area contributed by atoms with Gasteiger partial charge in [-0.05, 0) is 70.9 Å². The molecule has 1 aromatic rings. The van der Waals surface area contributed by atoms with Gasteiger partial charge in [-0.3, -0.25) is 13.9 Å². The smallest absolute Gasteiger partial charge is 0.264 e. The third-order valence-electron chi connectivity index (χ3n) is 8.52. The fraction of sp³-hybridized carbons (Fsp3) is 0.778. The van der Waals surface area contributed by atoms with E-state index < -0.39 is 44.3 Å². The number of amides is 1. The fourth-order valence-corrected chi connectivity index (χ4v) is 8.31. The second-order valence-corrected chi connectivity index (χ2v) is 16.0. The van der Waals surface area contributed by atoms with E-state index in [1.807, 2.05) is 0 Å². The fourth-order valence-electron chi connectivity index (χ4n) is 6.36. The first-order valence-corrected chi connectivity index (χ1v) is 19.6. The maximum atomic E-state index is 12.2. The number of carbonyl (C=O) groups is 1. The minimum absolute atomic E-state index is 0.0879. The third kappa shape index (κ3) is 12.6. The van der Waals surface area contributed by atoms with Crippen LogP contribution in [0.25, 0.3) is 0 Å². The molecule has 2 saturated carbocycles. The highest BCUT2D eigenvalue weighted by atomic mass is 32.2. The molecule has 6 atom stereocenters. The number of carbonyl (C=O) groups excluding carboxylic acids is 1. The zero-order valence-corrected chi connectivity index (χ0v) is 28.9. The highest BCUT2D eigenvalue weighted by Crippen LogP contribution is 2.43. The van der Waals surface area contributed by atoms with Crippen LogP contribution in [0.2, 0.25) is 0 Å². The number of nitrogens with one attached hydrogen (secondary N) is 1. The van der Waals surface area contributed by atoms with E-state index in [1.54, 1.807) is 0 Å². The van der Waals surface area contributed by atoms with Gasteiger partial charge in [0, 0.05) is 25.0 Å². The van der Waals surface area contributed by atoms with Crippen molar-refractivity contribution in [3.05, 3.63) is 11.8 Å². The summed E-state index contributed by atoms with van der Waals surface area (Å²) in [5.41, 5.74) is 0.134. The molecule has 4 N–H and O–H groups in total. The average Bonchev–Trinajstić information content (AvgIpc) is 3.43. The predicted octanol–water partition coefficient (Wildman–Crippen LogP) is 3.21. The lowest BCUT2D eigenvalue weighted by molar-refractivity contribution is -0.432. The molecule has 48 heavy (non-hydrogen) atoms. The van der Waals surface area contributed by atoms with Crippen molar-refractivity contribution in [2.75, 3.05) is 24.6 Å². The Hall–Kier alpha value is -2.73. The SMILES string of the molecule is CC(=O)NC1CC(N(CCCCS(=O)(=O)O)CCCCS(=O)(=O)O)CCC1N=Nc1c(C#N)cnn1C1C(C#N)CCCC1SOOO. The Bertz CT molecular complexity index is 1500. The van der Waals surface area contributed by atoms with E-state index in [9.17, 15) is 32.2 Å². The minimum atomic E-state index is -4.11. The Morgan fingerprint density at radius 1 is 1.10 bits per heavy atom. The van der Waals surface area contributed by atoms with Crippen LogP contribution in [0.15, 0.2) is 16.4 Å². The van der Waals surface area contributed by atoms with Gasteiger partial charge >= 0.3 is 0 Å². The molecule has 3 rings (SSSR count). The van der Waals surface area contributed by atoms with Crippen LogP contribution in [0.4, 0.5) is 5.82 Å². The zero-order valence-electron chi connectivity index (χ0n) is 26.5. The Morgan fingerprint density at radius 3 is 2.33 bits per heavy atom. The highest BCUT2D eigenvalue weighted by Gasteiger charge is 2.39. The van der Waals surface area contributed by atoms with Crippen molar-refractivity contribution in [1.82, 2.24) is 20.0 Å². The summed E-state index contributed by atoms with van der Waals surface area (Å²) < 4.78 is 69.2. The molecule has 268 valence electrons. The van der Waals surface area contributed by atoms with E-state index in [0.717, 1.165) is 18.5 Å². The molecule has 0 saturated heterocycles. The van der Waals surface area contributed by atoms with E-state index in [1.165, 1.54) is 17.8 Å². The van der Waals surface area contributed by atoms with Gasteiger partial charge in [0.25, 0.3) is 20.2 Å². The maximum Gasteiger partial charge on any atom is 0.264 e. The lowest BCUT2D eigenvalue weighted by Gasteiger charge is -2.40. The largest absolute Gasteiger partial charge is 0.351 e. The first-order valence-electron chi connectivity index (χ1n) is 15.6. The van der Waals surface area contributed by atoms with Crippen LogP contribution >= 0.6 is 12.0 Å². The molecular weight excluding hydrogens is 693 g/mol. The lowest BCUT2D eigenvalue weighted by Crippen LogP contribution is -2.51. The van der Waals surface area contributed by atoms with Gasteiger partial charge in [-0.15, -0.1) is 9.45 Å². The molecule has 21 heteroatoms. The van der Waals surface area contributed by atoms with Crippen LogP contribution in [0.5, 0.6) is 0 Å². The number of unbranched alkanes of at least 4 members (excludes halogenated alkanes) is 2. The van der Waals surface area contributed by atoms with Crippen molar-refractivity contribution in [2.24, 2.45) is 16.1 Å². The molecule has 0 aliphatic heterocycles. The topological polar surface area (TPSA) is 270 Å². The number of nitriles is 2. The minimum Gasteiger partial charge on any atom is -0.351 e. The first kappa shape index (κ1) is 39.7. The molecule has 1 amide bonds. The molecule has 2 aliphatic rings. The Labute approximate surface area is 284 Å². The third-order valence-corrected chi connectivity index (χ3v) is 11.0. The second kappa shape index (κ2) is 18.9. The van der Waals surface area contributed by atoms with Crippen LogP contribution in [0, 0.1) is 28.6 Å². The molecule has 2 fully saturated rings. The summed E-state index contributed by atoms with van der Waals surface area (Å²) >= 11 is 0.841. The van der Waals surface area contributed by atoms with Gasteiger partial charge in [-0.2, -0.15) is 37.6 Å². The van der Waals surface area contributed by atoms with Gasteiger partial charge in [0.05, 0.1) is 53.1 Å². The molecule has 2 aliphatic carbocycles. The summed E-state index contributed by atoms with van der Waals surface area (Å²) in [4.78, 5) is 14.3. The summed E-state index contributed by atoms with van der Waals surface area (Å²) in [7, 11) is -8.23. The van der Waals surface area contributed by atoms with Crippen molar-refractivity contribution in [2.45, 2.75) is 101 Å². The van der Waals surface area contributed by atoms with Gasteiger partial charge < -0.3 is 10.2 Å². The summed E-state index contributed by atoms with van der Waals surface area (Å²) in [6.07, 6.45) is 6.13. The van der Waals surface area contributed by atoms with Gasteiger partial charge in [-0.1, -0.05) is 11.5 Å². The van der Waals surface area contributed by atoms with Crippen LogP contribution in [0.3, 0.4) is 0 Å². The van der Waals surface area contributed by atoms with E-state index in [-0.39, 0.29) is 52.9 Å². The molecule has 0 aromatic carbocycles. The van der Waals surface area contributed by atoms with Crippen LogP contribution in [-0.4, -0.2) is 99.8 Å². The summed E-state index contributed by atoms with van der Waals surface area (Å²) in [5.74, 6) is -1.42. The van der Waals surface area contributed by atoms with Gasteiger partial charge in [0.15, 0.2) is 5.82 Å². The number of rotatable bonds is 18. The Kier molecular flexibility index (Phi) is 15.6. The van der Waals surface area contributed by atoms with Crippen LogP contribution in [-0.2, 0) is 34.4 Å². The number of hydrogen-bond donors (Lipinski definition) is 4. The van der Waals surface area contributed by atoms with Crippen LogP contribution in [0.1, 0.15) is 82.7 Å². The van der Waals surface area contributed by atoms with E-state index >= 15 is 0 Å². The second-order valence-electron chi connectivity index (χ2n) is 12.0. The van der Waals surface area contributed by atoms with Crippen molar-refractivity contribution in [3.8, 4) is 12.1 Å². The lowest BCUT2D eigenvalue weighted by atomic mass is 9.85. The number of azo groups is 1. The van der Waals surface area contributed by atoms with E-state index in [2.05, 4.69) is 42.7 Å². The number of nitrogens with zero attached hydrogens (tertiary/aromatic N) is 7. The molecule has 18 nitrogen and oxygen atoms in total. The van der Waals surface area contributed by atoms with Gasteiger partial charge in [-0.25, -0.2) is 9.94 Å². The van der Waals surface area contributed by atoms with E-state index in [0.29, 0.717) is 58.0 Å². The standard InChI is InChI=1S/C27H42N8O10S3/c1-19(36)31-24-15-22(34(11-2-4-13-47(38,39)40)12-3-5-14-48(41,42)43)9-10-23(24)32-33-27-21(17-29)18-30-35(27)26-20(16-28)7-6-8-25(26)46-45-44-37/h18,20,22-26,37H,2-15H2,1H3,(H,31,36)(H,38,39,40)(H,41,42,43).